The molecule has 1 N–H and O–H groups in total. The first-order valence-corrected chi connectivity index (χ1v) is 7.17. The maximum atomic E-state index is 12.6. The summed E-state index contributed by atoms with van der Waals surface area (Å²) in [5.41, 5.74) is 2.06. The first kappa shape index (κ1) is 14.5. The van der Waals surface area contributed by atoms with Gasteiger partial charge in [-0.3, -0.25) is 4.79 Å². The molecule has 112 valence electrons. The molecule has 0 aliphatic carbocycles. The van der Waals surface area contributed by atoms with Crippen molar-refractivity contribution < 1.29 is 9.53 Å². The van der Waals surface area contributed by atoms with Gasteiger partial charge in [-0.2, -0.15) is 0 Å². The Morgan fingerprint density at radius 1 is 1.18 bits per heavy atom. The number of carbonyl (C=O) groups excluding carboxylic acids is 1. The highest BCUT2D eigenvalue weighted by atomic mass is 35.5. The van der Waals surface area contributed by atoms with E-state index in [1.165, 1.54) is 4.90 Å². The lowest BCUT2D eigenvalue weighted by molar-refractivity contribution is 0.0989. The fourth-order valence-electron chi connectivity index (χ4n) is 2.37. The van der Waals surface area contributed by atoms with Gasteiger partial charge in [0, 0.05) is 18.0 Å². The van der Waals surface area contributed by atoms with E-state index < -0.39 is 0 Å². The van der Waals surface area contributed by atoms with Crippen LogP contribution in [0.3, 0.4) is 0 Å². The van der Waals surface area contributed by atoms with Crippen LogP contribution in [0.4, 0.5) is 5.69 Å². The minimum Gasteiger partial charge on any atom is -0.497 e. The molecule has 4 nitrogen and oxygen atoms in total. The third kappa shape index (κ3) is 2.53. The molecule has 0 aliphatic rings. The van der Waals surface area contributed by atoms with Gasteiger partial charge in [-0.05, 0) is 36.4 Å². The number of methoxy groups -OCH3 is 1. The summed E-state index contributed by atoms with van der Waals surface area (Å²) in [6.07, 6.45) is 0. The van der Waals surface area contributed by atoms with Gasteiger partial charge in [0.1, 0.15) is 11.4 Å². The number of para-hydroxylation sites is 1. The average Bonchev–Trinajstić information content (AvgIpc) is 2.96. The van der Waals surface area contributed by atoms with Gasteiger partial charge in [0.2, 0.25) is 0 Å². The summed E-state index contributed by atoms with van der Waals surface area (Å²) in [5, 5.41) is 1.46. The maximum absolute atomic E-state index is 12.6. The van der Waals surface area contributed by atoms with Crippen molar-refractivity contribution in [3.8, 4) is 5.75 Å². The van der Waals surface area contributed by atoms with E-state index in [1.807, 2.05) is 42.5 Å². The molecular weight excluding hydrogens is 300 g/mol. The third-order valence-corrected chi connectivity index (χ3v) is 3.90. The molecule has 0 spiro atoms. The molecule has 1 amide bonds. The van der Waals surface area contributed by atoms with E-state index in [4.69, 9.17) is 16.3 Å². The van der Waals surface area contributed by atoms with Crippen LogP contribution in [0.5, 0.6) is 5.75 Å². The third-order valence-electron chi connectivity index (χ3n) is 3.58. The van der Waals surface area contributed by atoms with Crippen molar-refractivity contribution in [1.82, 2.24) is 4.98 Å². The standard InChI is InChI=1S/C17H15ClN2O2/c1-20(16-6-4-3-5-13(16)18)17(21)15-10-11-9-12(22-2)7-8-14(11)19-15/h3-10,19H,1-2H3. The molecule has 2 aromatic carbocycles. The summed E-state index contributed by atoms with van der Waals surface area (Å²) in [6.45, 7) is 0. The lowest BCUT2D eigenvalue weighted by Crippen LogP contribution is -2.26. The van der Waals surface area contributed by atoms with Gasteiger partial charge in [-0.25, -0.2) is 0 Å². The van der Waals surface area contributed by atoms with Gasteiger partial charge in [-0.15, -0.1) is 0 Å². The Bertz CT molecular complexity index is 842. The highest BCUT2D eigenvalue weighted by Crippen LogP contribution is 2.27. The molecular formula is C17H15ClN2O2. The van der Waals surface area contributed by atoms with E-state index in [0.29, 0.717) is 16.4 Å². The van der Waals surface area contributed by atoms with Crippen LogP contribution >= 0.6 is 11.6 Å². The number of nitrogens with one attached hydrogen (secondary N) is 1. The molecule has 0 saturated heterocycles. The van der Waals surface area contributed by atoms with Gasteiger partial charge < -0.3 is 14.6 Å². The largest absolute Gasteiger partial charge is 0.497 e. The lowest BCUT2D eigenvalue weighted by Gasteiger charge is -2.17. The summed E-state index contributed by atoms with van der Waals surface area (Å²) >= 11 is 6.15. The van der Waals surface area contributed by atoms with Crippen LogP contribution in [0.15, 0.2) is 48.5 Å². The Balaban J connectivity index is 1.96. The van der Waals surface area contributed by atoms with Gasteiger partial charge in [0.05, 0.1) is 17.8 Å². The number of ether oxygens (including phenoxy) is 1. The normalized spacial score (nSPS) is 10.7. The van der Waals surface area contributed by atoms with Crippen molar-refractivity contribution in [3.05, 3.63) is 59.2 Å². The molecule has 0 aliphatic heterocycles. The molecule has 0 saturated carbocycles. The fourth-order valence-corrected chi connectivity index (χ4v) is 2.63. The Morgan fingerprint density at radius 3 is 2.68 bits per heavy atom. The lowest BCUT2D eigenvalue weighted by atomic mass is 10.2. The number of fused-ring (bicyclic) bond motifs is 1. The number of halogens is 1. The highest BCUT2D eigenvalue weighted by molar-refractivity contribution is 6.34. The van der Waals surface area contributed by atoms with E-state index in [1.54, 1.807) is 20.2 Å². The van der Waals surface area contributed by atoms with Crippen molar-refractivity contribution in [3.63, 3.8) is 0 Å². The molecule has 0 unspecified atom stereocenters. The Kier molecular flexibility index (Phi) is 3.77. The molecule has 0 bridgehead atoms. The van der Waals surface area contributed by atoms with E-state index in [0.717, 1.165) is 16.7 Å². The van der Waals surface area contributed by atoms with Crippen LogP contribution in [-0.4, -0.2) is 25.0 Å². The summed E-state index contributed by atoms with van der Waals surface area (Å²) in [5.74, 6) is 0.605. The van der Waals surface area contributed by atoms with E-state index in [-0.39, 0.29) is 5.91 Å². The van der Waals surface area contributed by atoms with E-state index >= 15 is 0 Å². The number of amides is 1. The van der Waals surface area contributed by atoms with Crippen LogP contribution < -0.4 is 9.64 Å². The number of H-pyrrole nitrogens is 1. The van der Waals surface area contributed by atoms with Crippen LogP contribution in [-0.2, 0) is 0 Å². The number of hydrogen-bond donors (Lipinski definition) is 1. The van der Waals surface area contributed by atoms with Crippen LogP contribution in [0.1, 0.15) is 10.5 Å². The number of rotatable bonds is 3. The van der Waals surface area contributed by atoms with Crippen molar-refractivity contribution in [1.29, 1.82) is 0 Å². The number of aromatic nitrogens is 1. The number of carbonyl (C=O) groups is 1. The predicted octanol–water partition coefficient (Wildman–Crippen LogP) is 4.11. The van der Waals surface area contributed by atoms with Crippen molar-refractivity contribution in [2.45, 2.75) is 0 Å². The quantitative estimate of drug-likeness (QED) is 0.791. The van der Waals surface area contributed by atoms with Gasteiger partial charge in [-0.1, -0.05) is 23.7 Å². The molecule has 22 heavy (non-hydrogen) atoms. The molecule has 0 radical (unpaired) electrons. The molecule has 3 rings (SSSR count). The number of hydrogen-bond acceptors (Lipinski definition) is 2. The minimum atomic E-state index is -0.150. The Hall–Kier alpha value is -2.46. The molecule has 0 fully saturated rings. The van der Waals surface area contributed by atoms with Crippen molar-refractivity contribution >= 4 is 34.1 Å². The smallest absolute Gasteiger partial charge is 0.274 e. The van der Waals surface area contributed by atoms with Gasteiger partial charge in [0.15, 0.2) is 0 Å². The van der Waals surface area contributed by atoms with E-state index in [2.05, 4.69) is 4.98 Å². The van der Waals surface area contributed by atoms with Crippen molar-refractivity contribution in [2.24, 2.45) is 0 Å². The van der Waals surface area contributed by atoms with Crippen molar-refractivity contribution in [2.75, 3.05) is 19.1 Å². The first-order chi connectivity index (χ1) is 10.6. The summed E-state index contributed by atoms with van der Waals surface area (Å²) in [6, 6.07) is 14.7. The molecule has 0 atom stereocenters. The van der Waals surface area contributed by atoms with E-state index in [9.17, 15) is 4.79 Å². The van der Waals surface area contributed by atoms with Crippen LogP contribution in [0, 0.1) is 0 Å². The molecule has 1 heterocycles. The fraction of sp³-hybridized carbons (Fsp3) is 0.118. The highest BCUT2D eigenvalue weighted by Gasteiger charge is 2.17. The molecule has 5 heteroatoms. The number of nitrogens with zero attached hydrogens (tertiary/aromatic N) is 1. The summed E-state index contributed by atoms with van der Waals surface area (Å²) < 4.78 is 5.20. The summed E-state index contributed by atoms with van der Waals surface area (Å²) in [4.78, 5) is 17.3. The van der Waals surface area contributed by atoms with Crippen LogP contribution in [0.25, 0.3) is 10.9 Å². The van der Waals surface area contributed by atoms with Gasteiger partial charge >= 0.3 is 0 Å². The zero-order chi connectivity index (χ0) is 15.7. The Morgan fingerprint density at radius 2 is 1.95 bits per heavy atom. The SMILES string of the molecule is COc1ccc2[nH]c(C(=O)N(C)c3ccccc3Cl)cc2c1. The number of anilines is 1. The second kappa shape index (κ2) is 5.73. The molecule has 1 aromatic heterocycles. The monoisotopic (exact) mass is 314 g/mol. The first-order valence-electron chi connectivity index (χ1n) is 6.79. The van der Waals surface area contributed by atoms with Crippen LogP contribution in [0.2, 0.25) is 5.02 Å². The molecule has 3 aromatic rings. The average molecular weight is 315 g/mol. The number of aromatic amines is 1. The maximum Gasteiger partial charge on any atom is 0.274 e. The minimum absolute atomic E-state index is 0.150. The predicted molar refractivity (Wildman–Crippen MR) is 89.0 cm³/mol. The number of benzene rings is 2. The second-order valence-electron chi connectivity index (χ2n) is 4.95. The zero-order valence-corrected chi connectivity index (χ0v) is 13.0. The topological polar surface area (TPSA) is 45.3 Å². The zero-order valence-electron chi connectivity index (χ0n) is 12.3. The summed E-state index contributed by atoms with van der Waals surface area (Å²) in [7, 11) is 3.32. The van der Waals surface area contributed by atoms with Gasteiger partial charge in [0.25, 0.3) is 5.91 Å². The second-order valence-corrected chi connectivity index (χ2v) is 5.36. The Labute approximate surface area is 133 Å².